The fraction of sp³-hybridized carbons (Fsp3) is 0.235. The van der Waals surface area contributed by atoms with Gasteiger partial charge in [0.05, 0.1) is 18.2 Å². The van der Waals surface area contributed by atoms with Crippen molar-refractivity contribution in [1.82, 2.24) is 9.55 Å². The molecule has 1 aromatic heterocycles. The molecule has 1 atom stereocenters. The lowest BCUT2D eigenvalue weighted by Crippen LogP contribution is -2.23. The first kappa shape index (κ1) is 12.4. The van der Waals surface area contributed by atoms with E-state index < -0.39 is 5.60 Å². The number of fused-ring (bicyclic) bond motifs is 2. The highest BCUT2D eigenvalue weighted by Gasteiger charge is 2.39. The molecule has 0 bridgehead atoms. The Kier molecular flexibility index (Phi) is 2.56. The maximum absolute atomic E-state index is 11.1. The van der Waals surface area contributed by atoms with Gasteiger partial charge in [-0.3, -0.25) is 0 Å². The van der Waals surface area contributed by atoms with E-state index in [9.17, 15) is 5.11 Å². The molecule has 0 amide bonds. The van der Waals surface area contributed by atoms with Gasteiger partial charge in [0.15, 0.2) is 0 Å². The van der Waals surface area contributed by atoms with E-state index in [1.807, 2.05) is 17.7 Å². The van der Waals surface area contributed by atoms with Gasteiger partial charge in [-0.1, -0.05) is 18.2 Å². The summed E-state index contributed by atoms with van der Waals surface area (Å²) < 4.78 is 2.02. The maximum Gasteiger partial charge on any atom is 0.133 e. The fourth-order valence-corrected chi connectivity index (χ4v) is 3.20. The summed E-state index contributed by atoms with van der Waals surface area (Å²) in [5.74, 6) is 0. The predicted octanol–water partition coefficient (Wildman–Crippen LogP) is 2.72. The molecule has 1 unspecified atom stereocenters. The summed E-state index contributed by atoms with van der Waals surface area (Å²) in [5.41, 5.74) is 1.99. The van der Waals surface area contributed by atoms with Gasteiger partial charge in [0.1, 0.15) is 5.60 Å². The fourth-order valence-electron chi connectivity index (χ4n) is 3.20. The molecule has 2 heterocycles. The molecule has 3 aromatic rings. The molecule has 2 aromatic carbocycles. The SMILES string of the molecule is CNc1ccc2cc(C3(O)CCn4cncc43)ccc2c1. The van der Waals surface area contributed by atoms with E-state index in [0.717, 1.165) is 28.9 Å². The van der Waals surface area contributed by atoms with Crippen molar-refractivity contribution >= 4 is 16.5 Å². The Morgan fingerprint density at radius 3 is 2.86 bits per heavy atom. The number of hydrogen-bond acceptors (Lipinski definition) is 3. The Hall–Kier alpha value is -2.33. The minimum absolute atomic E-state index is 0.699. The normalized spacial score (nSPS) is 20.7. The van der Waals surface area contributed by atoms with Crippen molar-refractivity contribution in [1.29, 1.82) is 0 Å². The second-order valence-electron chi connectivity index (χ2n) is 5.61. The van der Waals surface area contributed by atoms with Crippen LogP contribution in [0.3, 0.4) is 0 Å². The number of aromatic nitrogens is 2. The zero-order valence-electron chi connectivity index (χ0n) is 11.9. The molecule has 4 nitrogen and oxygen atoms in total. The quantitative estimate of drug-likeness (QED) is 0.758. The van der Waals surface area contributed by atoms with Gasteiger partial charge in [-0.15, -0.1) is 0 Å². The molecule has 4 heteroatoms. The van der Waals surface area contributed by atoms with Gasteiger partial charge in [0.25, 0.3) is 0 Å². The first-order valence-corrected chi connectivity index (χ1v) is 7.16. The highest BCUT2D eigenvalue weighted by molar-refractivity contribution is 5.86. The van der Waals surface area contributed by atoms with Crippen LogP contribution >= 0.6 is 0 Å². The number of aryl methyl sites for hydroxylation is 1. The average molecular weight is 279 g/mol. The van der Waals surface area contributed by atoms with Crippen molar-refractivity contribution in [2.45, 2.75) is 18.6 Å². The van der Waals surface area contributed by atoms with Crippen LogP contribution in [-0.4, -0.2) is 21.7 Å². The Morgan fingerprint density at radius 2 is 2.00 bits per heavy atom. The van der Waals surface area contributed by atoms with Gasteiger partial charge in [0, 0.05) is 25.7 Å². The molecular weight excluding hydrogens is 262 g/mol. The lowest BCUT2D eigenvalue weighted by molar-refractivity contribution is 0.0827. The monoisotopic (exact) mass is 279 g/mol. The summed E-state index contributed by atoms with van der Waals surface area (Å²) >= 11 is 0. The van der Waals surface area contributed by atoms with Gasteiger partial charge in [-0.05, 0) is 34.5 Å². The number of benzene rings is 2. The van der Waals surface area contributed by atoms with E-state index in [4.69, 9.17) is 0 Å². The van der Waals surface area contributed by atoms with Gasteiger partial charge in [-0.25, -0.2) is 4.98 Å². The van der Waals surface area contributed by atoms with Crippen LogP contribution in [0.15, 0.2) is 48.9 Å². The van der Waals surface area contributed by atoms with Crippen LogP contribution in [0, 0.1) is 0 Å². The van der Waals surface area contributed by atoms with Gasteiger partial charge >= 0.3 is 0 Å². The number of nitrogens with one attached hydrogen (secondary N) is 1. The third-order valence-corrected chi connectivity index (χ3v) is 4.46. The zero-order valence-corrected chi connectivity index (χ0v) is 11.9. The minimum Gasteiger partial charge on any atom is -0.388 e. The van der Waals surface area contributed by atoms with E-state index in [2.05, 4.69) is 40.6 Å². The van der Waals surface area contributed by atoms with Crippen molar-refractivity contribution in [3.05, 3.63) is 60.2 Å². The largest absolute Gasteiger partial charge is 0.388 e. The van der Waals surface area contributed by atoms with Crippen LogP contribution in [0.5, 0.6) is 0 Å². The Morgan fingerprint density at radius 1 is 1.19 bits per heavy atom. The smallest absolute Gasteiger partial charge is 0.133 e. The molecule has 0 saturated heterocycles. The molecular formula is C17H17N3O. The standard InChI is InChI=1S/C17H17N3O/c1-18-15-5-3-12-8-14(4-2-13(12)9-15)17(21)6-7-20-11-19-10-16(17)20/h2-5,8-11,18,21H,6-7H2,1H3. The number of anilines is 1. The molecule has 0 saturated carbocycles. The molecule has 1 aliphatic heterocycles. The van der Waals surface area contributed by atoms with Crippen LogP contribution < -0.4 is 5.32 Å². The first-order chi connectivity index (χ1) is 10.2. The second kappa shape index (κ2) is 4.33. The van der Waals surface area contributed by atoms with Gasteiger partial charge in [-0.2, -0.15) is 0 Å². The summed E-state index contributed by atoms with van der Waals surface area (Å²) in [4.78, 5) is 4.14. The molecule has 1 aliphatic rings. The van der Waals surface area contributed by atoms with Crippen molar-refractivity contribution in [2.24, 2.45) is 0 Å². The maximum atomic E-state index is 11.1. The van der Waals surface area contributed by atoms with E-state index in [0.29, 0.717) is 6.42 Å². The van der Waals surface area contributed by atoms with Crippen LogP contribution in [0.25, 0.3) is 10.8 Å². The van der Waals surface area contributed by atoms with E-state index in [1.54, 1.807) is 12.5 Å². The van der Waals surface area contributed by atoms with Crippen molar-refractivity contribution in [3.63, 3.8) is 0 Å². The van der Waals surface area contributed by atoms with Crippen molar-refractivity contribution < 1.29 is 5.11 Å². The van der Waals surface area contributed by atoms with E-state index >= 15 is 0 Å². The van der Waals surface area contributed by atoms with Gasteiger partial charge in [0.2, 0.25) is 0 Å². The number of rotatable bonds is 2. The highest BCUT2D eigenvalue weighted by atomic mass is 16.3. The Bertz CT molecular complexity index is 824. The van der Waals surface area contributed by atoms with Gasteiger partial charge < -0.3 is 15.0 Å². The lowest BCUT2D eigenvalue weighted by atomic mass is 9.88. The zero-order chi connectivity index (χ0) is 14.4. The van der Waals surface area contributed by atoms with Crippen molar-refractivity contribution in [3.8, 4) is 0 Å². The summed E-state index contributed by atoms with van der Waals surface area (Å²) in [5, 5.41) is 16.5. The average Bonchev–Trinajstić information content (AvgIpc) is 3.11. The summed E-state index contributed by atoms with van der Waals surface area (Å²) in [6, 6.07) is 12.4. The summed E-state index contributed by atoms with van der Waals surface area (Å²) in [6.07, 6.45) is 4.25. The van der Waals surface area contributed by atoms with Crippen LogP contribution in [0.1, 0.15) is 17.7 Å². The topological polar surface area (TPSA) is 50.1 Å². The van der Waals surface area contributed by atoms with E-state index in [1.165, 1.54) is 5.39 Å². The number of imidazole rings is 1. The van der Waals surface area contributed by atoms with Crippen molar-refractivity contribution in [2.75, 3.05) is 12.4 Å². The number of nitrogens with zero attached hydrogens (tertiary/aromatic N) is 2. The van der Waals surface area contributed by atoms with E-state index in [-0.39, 0.29) is 0 Å². The lowest BCUT2D eigenvalue weighted by Gasteiger charge is -2.23. The number of hydrogen-bond donors (Lipinski definition) is 2. The molecule has 0 radical (unpaired) electrons. The number of aliphatic hydroxyl groups is 1. The Labute approximate surface area is 123 Å². The Balaban J connectivity index is 1.85. The first-order valence-electron chi connectivity index (χ1n) is 7.16. The molecule has 4 rings (SSSR count). The minimum atomic E-state index is -0.924. The van der Waals surface area contributed by atoms with Crippen LogP contribution in [-0.2, 0) is 12.1 Å². The van der Waals surface area contributed by atoms with Crippen LogP contribution in [0.2, 0.25) is 0 Å². The summed E-state index contributed by atoms with van der Waals surface area (Å²) in [6.45, 7) is 0.808. The second-order valence-corrected chi connectivity index (χ2v) is 5.61. The molecule has 0 fully saturated rings. The van der Waals surface area contributed by atoms with Crippen LogP contribution in [0.4, 0.5) is 5.69 Å². The predicted molar refractivity (Wildman–Crippen MR) is 83.3 cm³/mol. The molecule has 21 heavy (non-hydrogen) atoms. The third-order valence-electron chi connectivity index (χ3n) is 4.46. The molecule has 0 aliphatic carbocycles. The third kappa shape index (κ3) is 1.76. The molecule has 0 spiro atoms. The summed E-state index contributed by atoms with van der Waals surface area (Å²) in [7, 11) is 1.91. The molecule has 106 valence electrons. The highest BCUT2D eigenvalue weighted by Crippen LogP contribution is 2.39. The molecule has 2 N–H and O–H groups in total.